The van der Waals surface area contributed by atoms with E-state index < -0.39 is 0 Å². The molecular weight excluding hydrogens is 322 g/mol. The first kappa shape index (κ1) is 17.3. The molecule has 1 aliphatic heterocycles. The normalized spacial score (nSPS) is 17.9. The number of aromatic nitrogens is 4. The number of aromatic amines is 1. The summed E-state index contributed by atoms with van der Waals surface area (Å²) < 4.78 is 5.39. The minimum atomic E-state index is -0.241. The summed E-state index contributed by atoms with van der Waals surface area (Å²) in [5.41, 5.74) is 0.467. The number of aryl methyl sites for hydroxylation is 1. The summed E-state index contributed by atoms with van der Waals surface area (Å²) in [6.07, 6.45) is 2.75. The van der Waals surface area contributed by atoms with Crippen LogP contribution in [0.4, 0.5) is 0 Å². The largest absolute Gasteiger partial charge is 0.342 e. The third kappa shape index (κ3) is 4.32. The molecule has 2 aromatic heterocycles. The molecule has 1 aliphatic rings. The molecule has 134 valence electrons. The van der Waals surface area contributed by atoms with Crippen LogP contribution in [0, 0.1) is 0 Å². The van der Waals surface area contributed by atoms with Crippen molar-refractivity contribution in [1.82, 2.24) is 25.2 Å². The standard InChI is InChI=1S/C17H23N5O3/c1-11(2)16-18-17(25-21-16)12-4-3-9-22(10-12)15(24)8-6-13-5-7-14(23)20-19-13/h5,7,11-12H,3-4,6,8-10H2,1-2H3,(H,20,23)/t12-/m1/s1. The first-order chi connectivity index (χ1) is 12.0. The van der Waals surface area contributed by atoms with Gasteiger partial charge in [0, 0.05) is 37.9 Å². The maximum atomic E-state index is 12.5. The van der Waals surface area contributed by atoms with Crippen molar-refractivity contribution in [3.8, 4) is 0 Å². The molecule has 1 fully saturated rings. The van der Waals surface area contributed by atoms with Crippen LogP contribution in [-0.4, -0.2) is 44.2 Å². The second-order valence-corrected chi connectivity index (χ2v) is 6.74. The molecule has 8 nitrogen and oxygen atoms in total. The molecule has 1 saturated heterocycles. The third-order valence-corrected chi connectivity index (χ3v) is 4.43. The number of likely N-dealkylation sites (tertiary alicyclic amines) is 1. The quantitative estimate of drug-likeness (QED) is 0.883. The summed E-state index contributed by atoms with van der Waals surface area (Å²) in [7, 11) is 0. The van der Waals surface area contributed by atoms with E-state index in [4.69, 9.17) is 4.52 Å². The van der Waals surface area contributed by atoms with Crippen LogP contribution in [0.15, 0.2) is 21.5 Å². The minimum absolute atomic E-state index is 0.0845. The van der Waals surface area contributed by atoms with Crippen molar-refractivity contribution in [2.45, 2.75) is 51.4 Å². The predicted octanol–water partition coefficient (Wildman–Crippen LogP) is 1.62. The van der Waals surface area contributed by atoms with Gasteiger partial charge in [-0.15, -0.1) is 0 Å². The maximum Gasteiger partial charge on any atom is 0.264 e. The molecule has 0 saturated carbocycles. The van der Waals surface area contributed by atoms with Crippen molar-refractivity contribution in [2.24, 2.45) is 0 Å². The van der Waals surface area contributed by atoms with E-state index in [9.17, 15) is 9.59 Å². The summed E-state index contributed by atoms with van der Waals surface area (Å²) in [6, 6.07) is 3.07. The van der Waals surface area contributed by atoms with Crippen molar-refractivity contribution < 1.29 is 9.32 Å². The van der Waals surface area contributed by atoms with Gasteiger partial charge in [0.15, 0.2) is 5.82 Å². The second kappa shape index (κ2) is 7.58. The molecule has 0 aromatic carbocycles. The van der Waals surface area contributed by atoms with E-state index in [0.29, 0.717) is 36.8 Å². The lowest BCUT2D eigenvalue weighted by Crippen LogP contribution is -2.39. The van der Waals surface area contributed by atoms with E-state index in [1.54, 1.807) is 6.07 Å². The Bertz CT molecular complexity index is 762. The Morgan fingerprint density at radius 3 is 2.96 bits per heavy atom. The summed E-state index contributed by atoms with van der Waals surface area (Å²) in [5.74, 6) is 1.75. The molecule has 1 amide bonds. The van der Waals surface area contributed by atoms with Gasteiger partial charge in [0.25, 0.3) is 5.56 Å². The Hall–Kier alpha value is -2.51. The summed E-state index contributed by atoms with van der Waals surface area (Å²) >= 11 is 0. The number of carbonyl (C=O) groups is 1. The number of rotatable bonds is 5. The van der Waals surface area contributed by atoms with Crippen LogP contribution in [0.2, 0.25) is 0 Å². The number of nitrogens with one attached hydrogen (secondary N) is 1. The molecule has 1 N–H and O–H groups in total. The highest BCUT2D eigenvalue weighted by atomic mass is 16.5. The number of hydrogen-bond acceptors (Lipinski definition) is 6. The van der Waals surface area contributed by atoms with Gasteiger partial charge in [0.1, 0.15) is 0 Å². The number of amides is 1. The van der Waals surface area contributed by atoms with Gasteiger partial charge in [-0.3, -0.25) is 9.59 Å². The van der Waals surface area contributed by atoms with E-state index in [1.165, 1.54) is 6.07 Å². The Balaban J connectivity index is 1.57. The minimum Gasteiger partial charge on any atom is -0.342 e. The number of H-pyrrole nitrogens is 1. The van der Waals surface area contributed by atoms with Crippen LogP contribution in [-0.2, 0) is 11.2 Å². The van der Waals surface area contributed by atoms with Crippen LogP contribution in [0.3, 0.4) is 0 Å². The molecule has 0 radical (unpaired) electrons. The summed E-state index contributed by atoms with van der Waals surface area (Å²) in [4.78, 5) is 29.8. The van der Waals surface area contributed by atoms with Crippen LogP contribution in [0.1, 0.15) is 62.4 Å². The Morgan fingerprint density at radius 2 is 2.28 bits per heavy atom. The third-order valence-electron chi connectivity index (χ3n) is 4.43. The highest BCUT2D eigenvalue weighted by Crippen LogP contribution is 2.27. The van der Waals surface area contributed by atoms with Crippen molar-refractivity contribution in [3.63, 3.8) is 0 Å². The van der Waals surface area contributed by atoms with Gasteiger partial charge in [-0.25, -0.2) is 5.10 Å². The van der Waals surface area contributed by atoms with Gasteiger partial charge < -0.3 is 9.42 Å². The van der Waals surface area contributed by atoms with Gasteiger partial charge in [-0.1, -0.05) is 19.0 Å². The maximum absolute atomic E-state index is 12.5. The van der Waals surface area contributed by atoms with Crippen LogP contribution in [0.5, 0.6) is 0 Å². The van der Waals surface area contributed by atoms with Crippen LogP contribution < -0.4 is 5.56 Å². The van der Waals surface area contributed by atoms with Gasteiger partial charge in [-0.2, -0.15) is 10.1 Å². The molecule has 0 spiro atoms. The van der Waals surface area contributed by atoms with Crippen LogP contribution >= 0.6 is 0 Å². The Labute approximate surface area is 145 Å². The zero-order valence-electron chi connectivity index (χ0n) is 14.6. The molecule has 0 aliphatic carbocycles. The zero-order chi connectivity index (χ0) is 17.8. The van der Waals surface area contributed by atoms with E-state index >= 15 is 0 Å². The smallest absolute Gasteiger partial charge is 0.264 e. The lowest BCUT2D eigenvalue weighted by atomic mass is 9.97. The molecule has 2 aromatic rings. The fourth-order valence-electron chi connectivity index (χ4n) is 2.96. The van der Waals surface area contributed by atoms with E-state index in [0.717, 1.165) is 19.4 Å². The molecule has 25 heavy (non-hydrogen) atoms. The molecule has 1 atom stereocenters. The lowest BCUT2D eigenvalue weighted by Gasteiger charge is -2.31. The number of piperidine rings is 1. The highest BCUT2D eigenvalue weighted by molar-refractivity contribution is 5.76. The van der Waals surface area contributed by atoms with Crippen molar-refractivity contribution in [2.75, 3.05) is 13.1 Å². The van der Waals surface area contributed by atoms with E-state index in [2.05, 4.69) is 20.3 Å². The fourth-order valence-corrected chi connectivity index (χ4v) is 2.96. The number of carbonyl (C=O) groups excluding carboxylic acids is 1. The van der Waals surface area contributed by atoms with Crippen molar-refractivity contribution in [3.05, 3.63) is 39.9 Å². The SMILES string of the molecule is CC(C)c1noc([C@@H]2CCCN(C(=O)CCc3ccc(=O)[nH]n3)C2)n1. The summed E-state index contributed by atoms with van der Waals surface area (Å²) in [6.45, 7) is 5.41. The molecule has 8 heteroatoms. The fraction of sp³-hybridized carbons (Fsp3) is 0.588. The Morgan fingerprint density at radius 1 is 1.44 bits per heavy atom. The van der Waals surface area contributed by atoms with Gasteiger partial charge in [0.2, 0.25) is 11.8 Å². The zero-order valence-corrected chi connectivity index (χ0v) is 14.6. The lowest BCUT2D eigenvalue weighted by molar-refractivity contribution is -0.132. The Kier molecular flexibility index (Phi) is 5.25. The van der Waals surface area contributed by atoms with E-state index in [-0.39, 0.29) is 23.3 Å². The molecule has 0 unspecified atom stereocenters. The molecule has 0 bridgehead atoms. The average molecular weight is 345 g/mol. The topological polar surface area (TPSA) is 105 Å². The van der Waals surface area contributed by atoms with E-state index in [1.807, 2.05) is 18.7 Å². The molecule has 3 rings (SSSR count). The first-order valence-corrected chi connectivity index (χ1v) is 8.69. The first-order valence-electron chi connectivity index (χ1n) is 8.69. The van der Waals surface area contributed by atoms with Crippen molar-refractivity contribution >= 4 is 5.91 Å². The summed E-state index contributed by atoms with van der Waals surface area (Å²) in [5, 5.41) is 10.3. The second-order valence-electron chi connectivity index (χ2n) is 6.74. The number of hydrogen-bond donors (Lipinski definition) is 1. The van der Waals surface area contributed by atoms with Crippen LogP contribution in [0.25, 0.3) is 0 Å². The van der Waals surface area contributed by atoms with Gasteiger partial charge in [-0.05, 0) is 18.9 Å². The predicted molar refractivity (Wildman–Crippen MR) is 90.1 cm³/mol. The monoisotopic (exact) mass is 345 g/mol. The van der Waals surface area contributed by atoms with Crippen molar-refractivity contribution in [1.29, 1.82) is 0 Å². The molecule has 3 heterocycles. The molecular formula is C17H23N5O3. The highest BCUT2D eigenvalue weighted by Gasteiger charge is 2.28. The van der Waals surface area contributed by atoms with Gasteiger partial charge in [0.05, 0.1) is 11.6 Å². The number of nitrogens with zero attached hydrogens (tertiary/aromatic N) is 4. The van der Waals surface area contributed by atoms with Gasteiger partial charge >= 0.3 is 0 Å². The average Bonchev–Trinajstić information content (AvgIpc) is 3.11.